The third-order valence-corrected chi connectivity index (χ3v) is 5.90. The number of carbonyl (C=O) groups is 1. The van der Waals surface area contributed by atoms with Crippen molar-refractivity contribution in [3.63, 3.8) is 0 Å². The van der Waals surface area contributed by atoms with E-state index in [0.717, 1.165) is 29.6 Å². The maximum absolute atomic E-state index is 12.4. The van der Waals surface area contributed by atoms with E-state index < -0.39 is 0 Å². The number of nitrogens with one attached hydrogen (secondary N) is 2. The van der Waals surface area contributed by atoms with Crippen molar-refractivity contribution in [2.75, 3.05) is 13.6 Å². The van der Waals surface area contributed by atoms with Crippen LogP contribution in [0.2, 0.25) is 0 Å². The number of carbonyl (C=O) groups excluding carboxylic acids is 1. The molecular formula is C18H22BrN2OS+. The van der Waals surface area contributed by atoms with Gasteiger partial charge in [-0.1, -0.05) is 24.3 Å². The number of halogens is 1. The quantitative estimate of drug-likeness (QED) is 0.804. The molecule has 0 aliphatic heterocycles. The SMILES string of the molecule is C[NH+](CC(=O)N[C@H]1CCCc2ccccc21)Cc1ccc(Br)s1. The van der Waals surface area contributed by atoms with Crippen LogP contribution in [0.25, 0.3) is 0 Å². The second-order valence-corrected chi connectivity index (χ2v) is 8.78. The van der Waals surface area contributed by atoms with Gasteiger partial charge in [0.1, 0.15) is 6.54 Å². The first-order valence-electron chi connectivity index (χ1n) is 8.04. The fourth-order valence-corrected chi connectivity index (χ4v) is 4.83. The Hall–Kier alpha value is -1.17. The van der Waals surface area contributed by atoms with Gasteiger partial charge in [-0.15, -0.1) is 11.3 Å². The van der Waals surface area contributed by atoms with Gasteiger partial charge in [-0.2, -0.15) is 0 Å². The van der Waals surface area contributed by atoms with Crippen LogP contribution in [0.3, 0.4) is 0 Å². The van der Waals surface area contributed by atoms with Gasteiger partial charge in [0.05, 0.1) is 21.8 Å². The molecule has 0 saturated heterocycles. The van der Waals surface area contributed by atoms with Crippen LogP contribution < -0.4 is 10.2 Å². The molecule has 0 fully saturated rings. The van der Waals surface area contributed by atoms with Gasteiger partial charge >= 0.3 is 0 Å². The minimum Gasteiger partial charge on any atom is -0.344 e. The summed E-state index contributed by atoms with van der Waals surface area (Å²) in [5.41, 5.74) is 2.68. The molecule has 1 aliphatic rings. The molecule has 2 atom stereocenters. The van der Waals surface area contributed by atoms with E-state index in [1.54, 1.807) is 11.3 Å². The number of hydrogen-bond acceptors (Lipinski definition) is 2. The number of fused-ring (bicyclic) bond motifs is 1. The molecule has 122 valence electrons. The molecule has 1 amide bonds. The van der Waals surface area contributed by atoms with Crippen LogP contribution in [0, 0.1) is 0 Å². The summed E-state index contributed by atoms with van der Waals surface area (Å²) < 4.78 is 1.14. The largest absolute Gasteiger partial charge is 0.344 e. The summed E-state index contributed by atoms with van der Waals surface area (Å²) in [4.78, 5) is 14.9. The van der Waals surface area contributed by atoms with Gasteiger partial charge in [-0.3, -0.25) is 4.79 Å². The zero-order valence-electron chi connectivity index (χ0n) is 13.3. The number of quaternary nitrogens is 1. The lowest BCUT2D eigenvalue weighted by atomic mass is 9.88. The van der Waals surface area contributed by atoms with E-state index in [9.17, 15) is 4.79 Å². The maximum atomic E-state index is 12.4. The molecule has 3 rings (SSSR count). The standard InChI is InChI=1S/C18H21BrN2OS/c1-21(11-14-9-10-17(19)23-14)12-18(22)20-16-8-4-6-13-5-2-3-7-15(13)16/h2-3,5,7,9-10,16H,4,6,8,11-12H2,1H3,(H,20,22)/p+1/t16-/m0/s1. The Kier molecular flexibility index (Phi) is 5.51. The highest BCUT2D eigenvalue weighted by Gasteiger charge is 2.22. The minimum atomic E-state index is 0.139. The summed E-state index contributed by atoms with van der Waals surface area (Å²) >= 11 is 5.22. The smallest absolute Gasteiger partial charge is 0.275 e. The number of benzene rings is 1. The highest BCUT2D eigenvalue weighted by molar-refractivity contribution is 9.11. The first-order chi connectivity index (χ1) is 11.1. The Balaban J connectivity index is 1.55. The van der Waals surface area contributed by atoms with E-state index in [-0.39, 0.29) is 11.9 Å². The molecule has 0 spiro atoms. The van der Waals surface area contributed by atoms with E-state index in [1.165, 1.54) is 20.9 Å². The molecule has 2 N–H and O–H groups in total. The summed E-state index contributed by atoms with van der Waals surface area (Å²) in [6, 6.07) is 12.8. The van der Waals surface area contributed by atoms with Crippen LogP contribution in [0.4, 0.5) is 0 Å². The summed E-state index contributed by atoms with van der Waals surface area (Å²) in [6.45, 7) is 1.39. The number of aryl methyl sites for hydroxylation is 1. The summed E-state index contributed by atoms with van der Waals surface area (Å²) in [5.74, 6) is 0.139. The molecule has 0 saturated carbocycles. The lowest BCUT2D eigenvalue weighted by Gasteiger charge is -2.26. The van der Waals surface area contributed by atoms with Crippen molar-refractivity contribution in [1.82, 2.24) is 5.32 Å². The lowest BCUT2D eigenvalue weighted by molar-refractivity contribution is -0.885. The summed E-state index contributed by atoms with van der Waals surface area (Å²) in [5, 5.41) is 3.23. The van der Waals surface area contributed by atoms with Gasteiger partial charge in [0, 0.05) is 0 Å². The highest BCUT2D eigenvalue weighted by Crippen LogP contribution is 2.29. The van der Waals surface area contributed by atoms with E-state index >= 15 is 0 Å². The second kappa shape index (κ2) is 7.60. The van der Waals surface area contributed by atoms with Crippen molar-refractivity contribution in [3.8, 4) is 0 Å². The Morgan fingerprint density at radius 1 is 1.35 bits per heavy atom. The van der Waals surface area contributed by atoms with Crippen molar-refractivity contribution in [2.24, 2.45) is 0 Å². The lowest BCUT2D eigenvalue weighted by Crippen LogP contribution is -3.08. The first kappa shape index (κ1) is 16.7. The van der Waals surface area contributed by atoms with Crippen molar-refractivity contribution in [1.29, 1.82) is 0 Å². The van der Waals surface area contributed by atoms with E-state index in [2.05, 4.69) is 64.7 Å². The summed E-state index contributed by atoms with van der Waals surface area (Å²) in [6.07, 6.45) is 3.31. The molecule has 0 bridgehead atoms. The van der Waals surface area contributed by atoms with Gasteiger partial charge in [0.2, 0.25) is 0 Å². The topological polar surface area (TPSA) is 33.5 Å². The monoisotopic (exact) mass is 393 g/mol. The van der Waals surface area contributed by atoms with Crippen molar-refractivity contribution in [2.45, 2.75) is 31.8 Å². The maximum Gasteiger partial charge on any atom is 0.275 e. The summed E-state index contributed by atoms with van der Waals surface area (Å²) in [7, 11) is 2.07. The predicted molar refractivity (Wildman–Crippen MR) is 97.7 cm³/mol. The fraction of sp³-hybridized carbons (Fsp3) is 0.389. The van der Waals surface area contributed by atoms with E-state index in [4.69, 9.17) is 0 Å². The molecule has 3 nitrogen and oxygen atoms in total. The number of thiophene rings is 1. The van der Waals surface area contributed by atoms with Crippen LogP contribution in [0.15, 0.2) is 40.2 Å². The molecule has 2 aromatic rings. The molecule has 1 unspecified atom stereocenters. The van der Waals surface area contributed by atoms with Crippen LogP contribution in [0.1, 0.15) is 34.9 Å². The van der Waals surface area contributed by atoms with E-state index in [1.807, 2.05) is 0 Å². The Morgan fingerprint density at radius 3 is 2.96 bits per heavy atom. The predicted octanol–water partition coefficient (Wildman–Crippen LogP) is 2.72. The van der Waals surface area contributed by atoms with Gasteiger partial charge in [0.15, 0.2) is 6.54 Å². The van der Waals surface area contributed by atoms with Crippen LogP contribution in [0.5, 0.6) is 0 Å². The molecular weight excluding hydrogens is 372 g/mol. The Bertz CT molecular complexity index is 685. The Labute approximate surface area is 149 Å². The zero-order valence-corrected chi connectivity index (χ0v) is 15.7. The van der Waals surface area contributed by atoms with Crippen LogP contribution in [-0.4, -0.2) is 19.5 Å². The van der Waals surface area contributed by atoms with Crippen molar-refractivity contribution >= 4 is 33.2 Å². The van der Waals surface area contributed by atoms with Crippen LogP contribution >= 0.6 is 27.3 Å². The molecule has 1 aliphatic carbocycles. The van der Waals surface area contributed by atoms with Gasteiger partial charge in [-0.05, 0) is 58.5 Å². The average Bonchev–Trinajstić information content (AvgIpc) is 2.92. The normalized spacial score (nSPS) is 18.3. The molecule has 5 heteroatoms. The van der Waals surface area contributed by atoms with Crippen LogP contribution in [-0.2, 0) is 17.8 Å². The molecule has 0 radical (unpaired) electrons. The first-order valence-corrected chi connectivity index (χ1v) is 9.65. The number of amides is 1. The fourth-order valence-electron chi connectivity index (χ4n) is 3.23. The second-order valence-electron chi connectivity index (χ2n) is 6.23. The van der Waals surface area contributed by atoms with Crippen molar-refractivity contribution in [3.05, 3.63) is 56.2 Å². The van der Waals surface area contributed by atoms with E-state index in [0.29, 0.717) is 6.54 Å². The molecule has 23 heavy (non-hydrogen) atoms. The number of likely N-dealkylation sites (N-methyl/N-ethyl adjacent to an activating group) is 1. The highest BCUT2D eigenvalue weighted by atomic mass is 79.9. The number of rotatable bonds is 5. The Morgan fingerprint density at radius 2 is 2.17 bits per heavy atom. The van der Waals surface area contributed by atoms with Gasteiger partial charge in [-0.25, -0.2) is 0 Å². The zero-order chi connectivity index (χ0) is 16.2. The van der Waals surface area contributed by atoms with Crippen molar-refractivity contribution < 1.29 is 9.69 Å². The average molecular weight is 394 g/mol. The number of hydrogen-bond donors (Lipinski definition) is 2. The minimum absolute atomic E-state index is 0.139. The van der Waals surface area contributed by atoms with Gasteiger partial charge < -0.3 is 10.2 Å². The third kappa shape index (κ3) is 4.43. The third-order valence-electron chi connectivity index (χ3n) is 4.27. The molecule has 1 heterocycles. The molecule has 1 aromatic heterocycles. The van der Waals surface area contributed by atoms with Gasteiger partial charge in [0.25, 0.3) is 5.91 Å². The molecule has 1 aromatic carbocycles.